The molecule has 0 radical (unpaired) electrons. The van der Waals surface area contributed by atoms with Crippen molar-refractivity contribution in [1.82, 2.24) is 10.3 Å². The fourth-order valence-electron chi connectivity index (χ4n) is 3.10. The summed E-state index contributed by atoms with van der Waals surface area (Å²) in [6, 6.07) is 10.6. The molecule has 0 saturated heterocycles. The van der Waals surface area contributed by atoms with Gasteiger partial charge in [0.05, 0.1) is 5.75 Å². The normalized spacial score (nSPS) is 14.8. The minimum absolute atomic E-state index is 0.164. The van der Waals surface area contributed by atoms with E-state index in [4.69, 9.17) is 4.74 Å². The number of halogens is 1. The van der Waals surface area contributed by atoms with E-state index in [2.05, 4.69) is 26.2 Å². The third kappa shape index (κ3) is 6.60. The second kappa shape index (κ2) is 9.52. The Morgan fingerprint density at radius 1 is 1.11 bits per heavy atom. The van der Waals surface area contributed by atoms with Crippen LogP contribution in [0.4, 0.5) is 0 Å². The van der Waals surface area contributed by atoms with Crippen LogP contribution in [0.2, 0.25) is 0 Å². The van der Waals surface area contributed by atoms with Crippen LogP contribution in [0.15, 0.2) is 47.1 Å². The van der Waals surface area contributed by atoms with Crippen molar-refractivity contribution >= 4 is 31.7 Å². The molecule has 1 fully saturated rings. The van der Waals surface area contributed by atoms with Crippen LogP contribution < -0.4 is 10.1 Å². The molecular formula is C20H23BrN2O4S. The van der Waals surface area contributed by atoms with Crippen LogP contribution in [0.5, 0.6) is 5.88 Å². The average molecular weight is 467 g/mol. The van der Waals surface area contributed by atoms with Gasteiger partial charge in [-0.25, -0.2) is 13.4 Å². The fraction of sp³-hybridized carbons (Fsp3) is 0.400. The van der Waals surface area contributed by atoms with Gasteiger partial charge in [-0.3, -0.25) is 4.79 Å². The number of amides is 1. The summed E-state index contributed by atoms with van der Waals surface area (Å²) in [4.78, 5) is 16.3. The Hall–Kier alpha value is -1.93. The van der Waals surface area contributed by atoms with Gasteiger partial charge in [-0.2, -0.15) is 0 Å². The largest absolute Gasteiger partial charge is 0.474 e. The second-order valence-corrected chi connectivity index (χ2v) is 9.94. The summed E-state index contributed by atoms with van der Waals surface area (Å²) in [5.41, 5.74) is 1.44. The van der Waals surface area contributed by atoms with Gasteiger partial charge in [-0.05, 0) is 48.9 Å². The second-order valence-electron chi connectivity index (χ2n) is 6.96. The minimum atomic E-state index is -3.53. The number of carbonyl (C=O) groups is 1. The zero-order valence-electron chi connectivity index (χ0n) is 15.4. The van der Waals surface area contributed by atoms with E-state index in [0.717, 1.165) is 22.9 Å². The highest BCUT2D eigenvalue weighted by Crippen LogP contribution is 2.22. The molecule has 1 heterocycles. The Morgan fingerprint density at radius 3 is 2.43 bits per heavy atom. The molecule has 1 aromatic carbocycles. The molecule has 28 heavy (non-hydrogen) atoms. The molecule has 1 saturated carbocycles. The Morgan fingerprint density at radius 2 is 1.79 bits per heavy atom. The van der Waals surface area contributed by atoms with E-state index in [1.807, 2.05) is 6.07 Å². The Bertz CT molecular complexity index is 893. The van der Waals surface area contributed by atoms with Crippen LogP contribution in [0, 0.1) is 0 Å². The van der Waals surface area contributed by atoms with Crippen LogP contribution >= 0.6 is 15.9 Å². The first-order valence-electron chi connectivity index (χ1n) is 9.23. The van der Waals surface area contributed by atoms with Crippen molar-refractivity contribution in [3.8, 4) is 5.88 Å². The van der Waals surface area contributed by atoms with Crippen LogP contribution in [0.25, 0.3) is 0 Å². The van der Waals surface area contributed by atoms with Crippen molar-refractivity contribution in [1.29, 1.82) is 0 Å². The monoisotopic (exact) mass is 466 g/mol. The smallest absolute Gasteiger partial charge is 0.235 e. The summed E-state index contributed by atoms with van der Waals surface area (Å²) >= 11 is 3.31. The van der Waals surface area contributed by atoms with Crippen molar-refractivity contribution in [3.63, 3.8) is 0 Å². The average Bonchev–Trinajstić information content (AvgIpc) is 3.15. The first-order chi connectivity index (χ1) is 13.4. The topological polar surface area (TPSA) is 85.4 Å². The molecule has 3 rings (SSSR count). The number of hydrogen-bond donors (Lipinski definition) is 1. The summed E-state index contributed by atoms with van der Waals surface area (Å²) in [7, 11) is -3.53. The fourth-order valence-corrected chi connectivity index (χ4v) is 4.67. The van der Waals surface area contributed by atoms with Gasteiger partial charge in [0.2, 0.25) is 11.8 Å². The molecule has 1 aliphatic rings. The van der Waals surface area contributed by atoms with Crippen LogP contribution in [-0.2, 0) is 26.9 Å². The number of nitrogens with one attached hydrogen (secondary N) is 1. The van der Waals surface area contributed by atoms with E-state index >= 15 is 0 Å². The molecule has 8 heteroatoms. The van der Waals surface area contributed by atoms with Crippen molar-refractivity contribution in [2.45, 2.75) is 44.1 Å². The molecule has 1 N–H and O–H groups in total. The molecule has 2 aromatic rings. The Labute approximate surface area is 173 Å². The lowest BCUT2D eigenvalue weighted by Gasteiger charge is -2.12. The highest BCUT2D eigenvalue weighted by molar-refractivity contribution is 9.10. The van der Waals surface area contributed by atoms with E-state index in [9.17, 15) is 13.2 Å². The molecule has 150 valence electrons. The minimum Gasteiger partial charge on any atom is -0.474 e. The van der Waals surface area contributed by atoms with Crippen molar-refractivity contribution in [3.05, 3.63) is 58.2 Å². The lowest BCUT2D eigenvalue weighted by molar-refractivity contribution is -0.118. The quantitative estimate of drug-likeness (QED) is 0.644. The van der Waals surface area contributed by atoms with Gasteiger partial charge in [0.15, 0.2) is 9.84 Å². The number of rotatable bonds is 8. The predicted molar refractivity (Wildman–Crippen MR) is 111 cm³/mol. The number of pyridine rings is 1. The number of nitrogens with zero attached hydrogens (tertiary/aromatic N) is 1. The third-order valence-corrected chi connectivity index (χ3v) is 6.53. The van der Waals surface area contributed by atoms with Crippen LogP contribution in [0.3, 0.4) is 0 Å². The number of hydrogen-bond acceptors (Lipinski definition) is 5. The van der Waals surface area contributed by atoms with Gasteiger partial charge >= 0.3 is 0 Å². The Kier molecular flexibility index (Phi) is 7.07. The van der Waals surface area contributed by atoms with Crippen LogP contribution in [-0.4, -0.2) is 31.2 Å². The maximum Gasteiger partial charge on any atom is 0.235 e. The van der Waals surface area contributed by atoms with E-state index in [1.165, 1.54) is 12.8 Å². The summed E-state index contributed by atoms with van der Waals surface area (Å²) < 4.78 is 31.1. The molecule has 6 nitrogen and oxygen atoms in total. The SMILES string of the molecule is O=C(CS(=O)(=O)Cc1ccc(Br)cc1)NCc1ccc(OC2CCCC2)nc1. The summed E-state index contributed by atoms with van der Waals surface area (Å²) in [6.45, 7) is 0.226. The summed E-state index contributed by atoms with van der Waals surface area (Å²) in [5, 5.41) is 2.64. The van der Waals surface area contributed by atoms with E-state index in [-0.39, 0.29) is 18.4 Å². The van der Waals surface area contributed by atoms with E-state index in [0.29, 0.717) is 11.4 Å². The van der Waals surface area contributed by atoms with E-state index in [1.54, 1.807) is 36.5 Å². The van der Waals surface area contributed by atoms with Crippen molar-refractivity contribution in [2.75, 3.05) is 5.75 Å². The molecule has 0 unspecified atom stereocenters. The number of sulfone groups is 1. The molecular weight excluding hydrogens is 444 g/mol. The molecule has 0 bridgehead atoms. The standard InChI is InChI=1S/C20H23BrN2O4S/c21-17-8-5-15(6-9-17)13-28(25,26)14-19(24)22-11-16-7-10-20(23-12-16)27-18-3-1-2-4-18/h5-10,12,18H,1-4,11,13-14H2,(H,22,24). The molecule has 0 spiro atoms. The first-order valence-corrected chi connectivity index (χ1v) is 11.8. The summed E-state index contributed by atoms with van der Waals surface area (Å²) in [6.07, 6.45) is 6.40. The molecule has 1 aromatic heterocycles. The van der Waals surface area contributed by atoms with Crippen LogP contribution in [0.1, 0.15) is 36.8 Å². The van der Waals surface area contributed by atoms with Crippen molar-refractivity contribution < 1.29 is 17.9 Å². The number of carbonyl (C=O) groups excluding carboxylic acids is 1. The molecule has 1 aliphatic carbocycles. The van der Waals surface area contributed by atoms with Gasteiger partial charge in [-0.1, -0.05) is 34.1 Å². The van der Waals surface area contributed by atoms with Gasteiger partial charge in [-0.15, -0.1) is 0 Å². The first kappa shape index (κ1) is 20.8. The van der Waals surface area contributed by atoms with Crippen molar-refractivity contribution in [2.24, 2.45) is 0 Å². The number of benzene rings is 1. The van der Waals surface area contributed by atoms with Gasteiger partial charge in [0.1, 0.15) is 11.9 Å². The van der Waals surface area contributed by atoms with E-state index < -0.39 is 21.5 Å². The number of ether oxygens (including phenoxy) is 1. The highest BCUT2D eigenvalue weighted by Gasteiger charge is 2.18. The van der Waals surface area contributed by atoms with Gasteiger partial charge in [0, 0.05) is 23.3 Å². The maximum absolute atomic E-state index is 12.2. The summed E-state index contributed by atoms with van der Waals surface area (Å²) in [5.74, 6) is -0.649. The zero-order chi connectivity index (χ0) is 20.0. The highest BCUT2D eigenvalue weighted by atomic mass is 79.9. The predicted octanol–water partition coefficient (Wildman–Crippen LogP) is 3.40. The lowest BCUT2D eigenvalue weighted by Crippen LogP contribution is -2.30. The Balaban J connectivity index is 1.45. The third-order valence-electron chi connectivity index (χ3n) is 4.53. The van der Waals surface area contributed by atoms with Gasteiger partial charge in [0.25, 0.3) is 0 Å². The maximum atomic E-state index is 12.2. The zero-order valence-corrected chi connectivity index (χ0v) is 17.8. The number of aromatic nitrogens is 1. The lowest BCUT2D eigenvalue weighted by atomic mass is 10.2. The van der Waals surface area contributed by atoms with Gasteiger partial charge < -0.3 is 10.1 Å². The molecule has 0 aliphatic heterocycles. The molecule has 0 atom stereocenters. The molecule has 1 amide bonds.